The third-order valence-electron chi connectivity index (χ3n) is 5.82. The Balaban J connectivity index is 1.34. The summed E-state index contributed by atoms with van der Waals surface area (Å²) in [5.74, 6) is -0.129. The average molecular weight is 444 g/mol. The van der Waals surface area contributed by atoms with Gasteiger partial charge in [-0.1, -0.05) is 36.4 Å². The number of benzene rings is 2. The number of piperazine rings is 1. The Kier molecular flexibility index (Phi) is 7.02. The SMILES string of the molecule is O=C(c1cccc(S(=O)(=O)NC[C@H]2CCCO2)c1)N1CCN(Cc2ccccc2)CC1. The van der Waals surface area contributed by atoms with Crippen molar-refractivity contribution >= 4 is 15.9 Å². The maximum absolute atomic E-state index is 13.0. The van der Waals surface area contributed by atoms with Gasteiger partial charge in [-0.25, -0.2) is 13.1 Å². The van der Waals surface area contributed by atoms with Crippen molar-refractivity contribution in [1.29, 1.82) is 0 Å². The van der Waals surface area contributed by atoms with Gasteiger partial charge in [-0.3, -0.25) is 9.69 Å². The van der Waals surface area contributed by atoms with Gasteiger partial charge in [0.1, 0.15) is 0 Å². The van der Waals surface area contributed by atoms with Crippen LogP contribution >= 0.6 is 0 Å². The third-order valence-corrected chi connectivity index (χ3v) is 7.25. The molecule has 2 heterocycles. The van der Waals surface area contributed by atoms with Gasteiger partial charge in [-0.2, -0.15) is 0 Å². The van der Waals surface area contributed by atoms with Crippen LogP contribution in [0.15, 0.2) is 59.5 Å². The molecule has 0 saturated carbocycles. The molecule has 2 aromatic carbocycles. The summed E-state index contributed by atoms with van der Waals surface area (Å²) in [6.07, 6.45) is 1.73. The van der Waals surface area contributed by atoms with Crippen LogP contribution in [0.2, 0.25) is 0 Å². The van der Waals surface area contributed by atoms with Crippen molar-refractivity contribution in [2.24, 2.45) is 0 Å². The van der Waals surface area contributed by atoms with Crippen molar-refractivity contribution in [3.8, 4) is 0 Å². The molecule has 1 amide bonds. The highest BCUT2D eigenvalue weighted by Gasteiger charge is 2.24. The van der Waals surface area contributed by atoms with Crippen molar-refractivity contribution < 1.29 is 17.9 Å². The standard InChI is InChI=1S/C23H29N3O4S/c27-23(26-13-11-25(12-14-26)18-19-6-2-1-3-7-19)20-8-4-10-22(16-20)31(28,29)24-17-21-9-5-15-30-21/h1-4,6-8,10,16,21,24H,5,9,11-15,17-18H2/t21-/m1/s1. The Morgan fingerprint density at radius 2 is 1.81 bits per heavy atom. The van der Waals surface area contributed by atoms with E-state index >= 15 is 0 Å². The summed E-state index contributed by atoms with van der Waals surface area (Å²) in [6, 6.07) is 16.6. The molecule has 0 radical (unpaired) electrons. The van der Waals surface area contributed by atoms with Crippen molar-refractivity contribution in [3.63, 3.8) is 0 Å². The van der Waals surface area contributed by atoms with E-state index in [4.69, 9.17) is 4.74 Å². The van der Waals surface area contributed by atoms with Crippen LogP contribution in [0.1, 0.15) is 28.8 Å². The van der Waals surface area contributed by atoms with Crippen LogP contribution in [-0.2, 0) is 21.3 Å². The molecule has 0 unspecified atom stereocenters. The quantitative estimate of drug-likeness (QED) is 0.709. The van der Waals surface area contributed by atoms with Crippen LogP contribution in [-0.4, -0.2) is 69.6 Å². The first kappa shape index (κ1) is 22.0. The number of hydrogen-bond acceptors (Lipinski definition) is 5. The second-order valence-corrected chi connectivity index (χ2v) is 9.84. The zero-order valence-electron chi connectivity index (χ0n) is 17.6. The van der Waals surface area contributed by atoms with Crippen LogP contribution < -0.4 is 4.72 Å². The zero-order valence-corrected chi connectivity index (χ0v) is 18.4. The lowest BCUT2D eigenvalue weighted by atomic mass is 10.1. The molecule has 0 spiro atoms. The molecule has 31 heavy (non-hydrogen) atoms. The second-order valence-electron chi connectivity index (χ2n) is 8.07. The minimum atomic E-state index is -3.69. The minimum absolute atomic E-state index is 0.0771. The first-order valence-corrected chi connectivity index (χ1v) is 12.3. The fraction of sp³-hybridized carbons (Fsp3) is 0.435. The van der Waals surface area contributed by atoms with E-state index in [2.05, 4.69) is 21.8 Å². The van der Waals surface area contributed by atoms with Crippen molar-refractivity contribution in [2.75, 3.05) is 39.3 Å². The van der Waals surface area contributed by atoms with Gasteiger partial charge < -0.3 is 9.64 Å². The van der Waals surface area contributed by atoms with Gasteiger partial charge in [0.15, 0.2) is 0 Å². The molecule has 4 rings (SSSR count). The van der Waals surface area contributed by atoms with E-state index in [-0.39, 0.29) is 23.5 Å². The summed E-state index contributed by atoms with van der Waals surface area (Å²) in [5, 5.41) is 0. The number of nitrogens with zero attached hydrogens (tertiary/aromatic N) is 2. The smallest absolute Gasteiger partial charge is 0.253 e. The lowest BCUT2D eigenvalue weighted by molar-refractivity contribution is 0.0628. The minimum Gasteiger partial charge on any atom is -0.377 e. The molecular weight excluding hydrogens is 414 g/mol. The van der Waals surface area contributed by atoms with Crippen molar-refractivity contribution in [3.05, 3.63) is 65.7 Å². The second kappa shape index (κ2) is 9.91. The maximum atomic E-state index is 13.0. The predicted molar refractivity (Wildman–Crippen MR) is 118 cm³/mol. The van der Waals surface area contributed by atoms with E-state index in [9.17, 15) is 13.2 Å². The number of hydrogen-bond donors (Lipinski definition) is 1. The number of amides is 1. The molecule has 2 aliphatic heterocycles. The number of carbonyl (C=O) groups excluding carboxylic acids is 1. The van der Waals surface area contributed by atoms with Gasteiger partial charge in [0.05, 0.1) is 11.0 Å². The van der Waals surface area contributed by atoms with Crippen molar-refractivity contribution in [1.82, 2.24) is 14.5 Å². The van der Waals surface area contributed by atoms with Crippen LogP contribution in [0.25, 0.3) is 0 Å². The normalized spacial score (nSPS) is 20.1. The summed E-state index contributed by atoms with van der Waals surface area (Å²) < 4.78 is 33.4. The summed E-state index contributed by atoms with van der Waals surface area (Å²) in [5.41, 5.74) is 1.66. The van der Waals surface area contributed by atoms with Crippen LogP contribution in [0, 0.1) is 0 Å². The lowest BCUT2D eigenvalue weighted by Gasteiger charge is -2.34. The molecule has 166 valence electrons. The van der Waals surface area contributed by atoms with Gasteiger partial charge in [0, 0.05) is 51.4 Å². The molecular formula is C23H29N3O4S. The maximum Gasteiger partial charge on any atom is 0.253 e. The molecule has 2 saturated heterocycles. The highest BCUT2D eigenvalue weighted by atomic mass is 32.2. The Hall–Kier alpha value is -2.26. The number of sulfonamides is 1. The molecule has 2 aliphatic rings. The molecule has 0 bridgehead atoms. The monoisotopic (exact) mass is 443 g/mol. The van der Waals surface area contributed by atoms with Crippen LogP contribution in [0.5, 0.6) is 0 Å². The summed E-state index contributed by atoms with van der Waals surface area (Å²) in [4.78, 5) is 17.2. The van der Waals surface area contributed by atoms with Crippen molar-refractivity contribution in [2.45, 2.75) is 30.4 Å². The van der Waals surface area contributed by atoms with Gasteiger partial charge in [0.25, 0.3) is 5.91 Å². The van der Waals surface area contributed by atoms with Crippen LogP contribution in [0.3, 0.4) is 0 Å². The first-order chi connectivity index (χ1) is 15.0. The van der Waals surface area contributed by atoms with E-state index in [1.54, 1.807) is 17.0 Å². The Morgan fingerprint density at radius 1 is 1.03 bits per heavy atom. The summed E-state index contributed by atoms with van der Waals surface area (Å²) in [7, 11) is -3.69. The fourth-order valence-corrected chi connectivity index (χ4v) is 5.13. The molecule has 7 nitrogen and oxygen atoms in total. The first-order valence-electron chi connectivity index (χ1n) is 10.8. The molecule has 0 aliphatic carbocycles. The number of rotatable bonds is 7. The number of nitrogens with one attached hydrogen (secondary N) is 1. The van der Waals surface area contributed by atoms with Gasteiger partial charge >= 0.3 is 0 Å². The van der Waals surface area contributed by atoms with E-state index < -0.39 is 10.0 Å². The van der Waals surface area contributed by atoms with Gasteiger partial charge in [-0.15, -0.1) is 0 Å². The predicted octanol–water partition coefficient (Wildman–Crippen LogP) is 2.10. The van der Waals surface area contributed by atoms with Gasteiger partial charge in [0.2, 0.25) is 10.0 Å². The Morgan fingerprint density at radius 3 is 2.52 bits per heavy atom. The molecule has 0 aromatic heterocycles. The third kappa shape index (κ3) is 5.71. The largest absolute Gasteiger partial charge is 0.377 e. The van der Waals surface area contributed by atoms with E-state index in [1.165, 1.54) is 17.7 Å². The molecule has 1 N–H and O–H groups in total. The lowest BCUT2D eigenvalue weighted by Crippen LogP contribution is -2.48. The number of carbonyl (C=O) groups is 1. The zero-order chi connectivity index (χ0) is 21.7. The summed E-state index contributed by atoms with van der Waals surface area (Å²) >= 11 is 0. The number of ether oxygens (including phenoxy) is 1. The average Bonchev–Trinajstić information content (AvgIpc) is 3.33. The Labute approximate surface area is 184 Å². The topological polar surface area (TPSA) is 78.9 Å². The molecule has 8 heteroatoms. The highest BCUT2D eigenvalue weighted by molar-refractivity contribution is 7.89. The fourth-order valence-electron chi connectivity index (χ4n) is 4.02. The molecule has 1 atom stereocenters. The van der Waals surface area contributed by atoms with Gasteiger partial charge in [-0.05, 0) is 36.6 Å². The van der Waals surface area contributed by atoms with E-state index in [0.29, 0.717) is 25.3 Å². The van der Waals surface area contributed by atoms with E-state index in [0.717, 1.165) is 32.5 Å². The summed E-state index contributed by atoms with van der Waals surface area (Å²) in [6.45, 7) is 4.63. The highest BCUT2D eigenvalue weighted by Crippen LogP contribution is 2.17. The Bertz CT molecular complexity index is 983. The molecule has 2 fully saturated rings. The van der Waals surface area contributed by atoms with E-state index in [1.807, 2.05) is 18.2 Å². The molecule has 2 aromatic rings. The van der Waals surface area contributed by atoms with Crippen LogP contribution in [0.4, 0.5) is 0 Å².